The van der Waals surface area contributed by atoms with E-state index in [0.29, 0.717) is 12.1 Å². The van der Waals surface area contributed by atoms with Gasteiger partial charge < -0.3 is 10.4 Å². The first-order valence-corrected chi connectivity index (χ1v) is 5.72. The van der Waals surface area contributed by atoms with Crippen molar-refractivity contribution >= 4 is 0 Å². The predicted octanol–water partition coefficient (Wildman–Crippen LogP) is 2.07. The van der Waals surface area contributed by atoms with Gasteiger partial charge in [-0.15, -0.1) is 0 Å². The third-order valence-electron chi connectivity index (χ3n) is 3.16. The van der Waals surface area contributed by atoms with Crippen LogP contribution in [0.2, 0.25) is 0 Å². The van der Waals surface area contributed by atoms with Crippen molar-refractivity contribution < 1.29 is 5.11 Å². The minimum absolute atomic E-state index is 0.102. The molecule has 0 radical (unpaired) electrons. The minimum Gasteiger partial charge on any atom is -0.392 e. The molecule has 0 heterocycles. The highest BCUT2D eigenvalue weighted by Gasteiger charge is 2.23. The highest BCUT2D eigenvalue weighted by Crippen LogP contribution is 2.19. The summed E-state index contributed by atoms with van der Waals surface area (Å²) < 4.78 is 0. The lowest BCUT2D eigenvalue weighted by molar-refractivity contribution is 0.0842. The van der Waals surface area contributed by atoms with Crippen LogP contribution in [0.25, 0.3) is 0 Å². The second-order valence-corrected chi connectivity index (χ2v) is 4.14. The molecule has 0 saturated heterocycles. The molecule has 0 aromatic heterocycles. The van der Waals surface area contributed by atoms with Gasteiger partial charge in [-0.1, -0.05) is 26.7 Å². The van der Waals surface area contributed by atoms with E-state index >= 15 is 0 Å². The van der Waals surface area contributed by atoms with E-state index in [1.165, 1.54) is 25.7 Å². The van der Waals surface area contributed by atoms with Crippen molar-refractivity contribution in [3.05, 3.63) is 0 Å². The largest absolute Gasteiger partial charge is 0.392 e. The minimum atomic E-state index is -0.102. The topological polar surface area (TPSA) is 32.3 Å². The summed E-state index contributed by atoms with van der Waals surface area (Å²) in [5.74, 6) is 0. The SMILES string of the molecule is CCC(CC)NC1CCCCC1O. The van der Waals surface area contributed by atoms with Crippen molar-refractivity contribution in [2.75, 3.05) is 0 Å². The quantitative estimate of drug-likeness (QED) is 0.702. The van der Waals surface area contributed by atoms with Crippen molar-refractivity contribution in [1.82, 2.24) is 5.32 Å². The zero-order chi connectivity index (χ0) is 9.68. The summed E-state index contributed by atoms with van der Waals surface area (Å²) in [6.45, 7) is 4.41. The van der Waals surface area contributed by atoms with Crippen molar-refractivity contribution in [3.63, 3.8) is 0 Å². The molecule has 0 aliphatic heterocycles. The molecule has 78 valence electrons. The molecule has 0 aromatic rings. The van der Waals surface area contributed by atoms with E-state index in [4.69, 9.17) is 0 Å². The van der Waals surface area contributed by atoms with Gasteiger partial charge in [-0.2, -0.15) is 0 Å². The van der Waals surface area contributed by atoms with Crippen LogP contribution in [-0.4, -0.2) is 23.3 Å². The Hall–Kier alpha value is -0.0800. The Balaban J connectivity index is 2.32. The van der Waals surface area contributed by atoms with E-state index in [9.17, 15) is 5.11 Å². The lowest BCUT2D eigenvalue weighted by atomic mass is 9.91. The third-order valence-corrected chi connectivity index (χ3v) is 3.16. The van der Waals surface area contributed by atoms with Gasteiger partial charge in [0.25, 0.3) is 0 Å². The summed E-state index contributed by atoms with van der Waals surface area (Å²) in [6, 6.07) is 0.955. The Labute approximate surface area is 81.7 Å². The molecule has 1 aliphatic rings. The van der Waals surface area contributed by atoms with E-state index in [-0.39, 0.29) is 6.10 Å². The van der Waals surface area contributed by atoms with Gasteiger partial charge in [0.2, 0.25) is 0 Å². The van der Waals surface area contributed by atoms with Gasteiger partial charge >= 0.3 is 0 Å². The summed E-state index contributed by atoms with van der Waals surface area (Å²) in [7, 11) is 0. The maximum atomic E-state index is 9.75. The van der Waals surface area contributed by atoms with Crippen molar-refractivity contribution in [1.29, 1.82) is 0 Å². The summed E-state index contributed by atoms with van der Waals surface area (Å²) in [4.78, 5) is 0. The van der Waals surface area contributed by atoms with E-state index in [1.54, 1.807) is 0 Å². The monoisotopic (exact) mass is 185 g/mol. The number of aliphatic hydroxyl groups is 1. The van der Waals surface area contributed by atoms with Gasteiger partial charge in [-0.05, 0) is 25.7 Å². The maximum Gasteiger partial charge on any atom is 0.0693 e. The number of hydrogen-bond acceptors (Lipinski definition) is 2. The molecule has 0 spiro atoms. The highest BCUT2D eigenvalue weighted by atomic mass is 16.3. The highest BCUT2D eigenvalue weighted by molar-refractivity contribution is 4.82. The number of nitrogens with one attached hydrogen (secondary N) is 1. The molecule has 1 saturated carbocycles. The Morgan fingerprint density at radius 1 is 1.23 bits per heavy atom. The molecular formula is C11H23NO. The zero-order valence-corrected chi connectivity index (χ0v) is 8.92. The molecule has 0 aromatic carbocycles. The van der Waals surface area contributed by atoms with Crippen molar-refractivity contribution in [2.24, 2.45) is 0 Å². The van der Waals surface area contributed by atoms with E-state index < -0.39 is 0 Å². The summed E-state index contributed by atoms with van der Waals surface area (Å²) in [5, 5.41) is 13.3. The molecule has 1 fully saturated rings. The van der Waals surface area contributed by atoms with E-state index in [1.807, 2.05) is 0 Å². The van der Waals surface area contributed by atoms with Crippen molar-refractivity contribution in [3.8, 4) is 0 Å². The number of rotatable bonds is 4. The fourth-order valence-electron chi connectivity index (χ4n) is 2.13. The third kappa shape index (κ3) is 3.28. The molecule has 2 unspecified atom stereocenters. The van der Waals surface area contributed by atoms with Gasteiger partial charge in [-0.3, -0.25) is 0 Å². The standard InChI is InChI=1S/C11H23NO/c1-3-9(4-2)12-10-7-5-6-8-11(10)13/h9-13H,3-8H2,1-2H3. The molecule has 2 nitrogen and oxygen atoms in total. The Bertz CT molecular complexity index is 134. The summed E-state index contributed by atoms with van der Waals surface area (Å²) >= 11 is 0. The molecule has 0 bridgehead atoms. The summed E-state index contributed by atoms with van der Waals surface area (Å²) in [6.07, 6.45) is 6.83. The van der Waals surface area contributed by atoms with E-state index in [0.717, 1.165) is 12.8 Å². The van der Waals surface area contributed by atoms with Crippen LogP contribution in [0.3, 0.4) is 0 Å². The fourth-order valence-corrected chi connectivity index (χ4v) is 2.13. The number of hydrogen-bond donors (Lipinski definition) is 2. The van der Waals surface area contributed by atoms with Gasteiger partial charge in [0.1, 0.15) is 0 Å². The zero-order valence-electron chi connectivity index (χ0n) is 8.92. The number of aliphatic hydroxyl groups excluding tert-OH is 1. The molecule has 13 heavy (non-hydrogen) atoms. The molecule has 0 amide bonds. The predicted molar refractivity (Wildman–Crippen MR) is 55.8 cm³/mol. The molecular weight excluding hydrogens is 162 g/mol. The molecule has 1 rings (SSSR count). The lowest BCUT2D eigenvalue weighted by Crippen LogP contribution is -2.46. The smallest absolute Gasteiger partial charge is 0.0693 e. The van der Waals surface area contributed by atoms with Crippen LogP contribution in [0, 0.1) is 0 Å². The molecule has 2 atom stereocenters. The Kier molecular flexibility index (Phi) is 4.74. The molecule has 2 heteroatoms. The van der Waals surface area contributed by atoms with E-state index in [2.05, 4.69) is 19.2 Å². The first-order valence-electron chi connectivity index (χ1n) is 5.72. The van der Waals surface area contributed by atoms with Crippen LogP contribution >= 0.6 is 0 Å². The fraction of sp³-hybridized carbons (Fsp3) is 1.00. The first-order chi connectivity index (χ1) is 6.27. The van der Waals surface area contributed by atoms with Crippen LogP contribution < -0.4 is 5.32 Å². The van der Waals surface area contributed by atoms with Crippen LogP contribution in [0.5, 0.6) is 0 Å². The Morgan fingerprint density at radius 3 is 2.38 bits per heavy atom. The first kappa shape index (κ1) is 11.0. The van der Waals surface area contributed by atoms with Crippen LogP contribution in [-0.2, 0) is 0 Å². The Morgan fingerprint density at radius 2 is 1.85 bits per heavy atom. The van der Waals surface area contributed by atoms with Crippen molar-refractivity contribution in [2.45, 2.75) is 70.6 Å². The van der Waals surface area contributed by atoms with Crippen LogP contribution in [0.4, 0.5) is 0 Å². The van der Waals surface area contributed by atoms with Crippen LogP contribution in [0.15, 0.2) is 0 Å². The van der Waals surface area contributed by atoms with Gasteiger partial charge in [-0.25, -0.2) is 0 Å². The maximum absolute atomic E-state index is 9.75. The van der Waals surface area contributed by atoms with Gasteiger partial charge in [0, 0.05) is 12.1 Å². The second-order valence-electron chi connectivity index (χ2n) is 4.14. The van der Waals surface area contributed by atoms with Gasteiger partial charge in [0.05, 0.1) is 6.10 Å². The molecule has 2 N–H and O–H groups in total. The second kappa shape index (κ2) is 5.61. The van der Waals surface area contributed by atoms with Crippen LogP contribution in [0.1, 0.15) is 52.4 Å². The molecule has 1 aliphatic carbocycles. The summed E-state index contributed by atoms with van der Waals surface area (Å²) in [5.41, 5.74) is 0. The normalized spacial score (nSPS) is 29.5. The average molecular weight is 185 g/mol. The van der Waals surface area contributed by atoms with Gasteiger partial charge in [0.15, 0.2) is 0 Å². The average Bonchev–Trinajstić information content (AvgIpc) is 2.17. The lowest BCUT2D eigenvalue weighted by Gasteiger charge is -2.31.